The van der Waals surface area contributed by atoms with Crippen molar-refractivity contribution < 1.29 is 13.2 Å². The van der Waals surface area contributed by atoms with E-state index in [2.05, 4.69) is 17.0 Å². The summed E-state index contributed by atoms with van der Waals surface area (Å²) < 4.78 is 28.5. The van der Waals surface area contributed by atoms with Gasteiger partial charge in [-0.3, -0.25) is 4.79 Å². The Labute approximate surface area is 185 Å². The number of hydrogen-bond acceptors (Lipinski definition) is 4. The highest BCUT2D eigenvalue weighted by atomic mass is 32.2. The summed E-state index contributed by atoms with van der Waals surface area (Å²) in [6.45, 7) is 7.11. The van der Waals surface area contributed by atoms with E-state index in [0.717, 1.165) is 49.4 Å². The van der Waals surface area contributed by atoms with Gasteiger partial charge in [0.2, 0.25) is 15.9 Å². The lowest BCUT2D eigenvalue weighted by Crippen LogP contribution is -2.48. The maximum atomic E-state index is 13.4. The first-order chi connectivity index (χ1) is 14.9. The highest BCUT2D eigenvalue weighted by molar-refractivity contribution is 7.89. The molecule has 2 aliphatic heterocycles. The zero-order valence-electron chi connectivity index (χ0n) is 18.3. The molecule has 31 heavy (non-hydrogen) atoms. The zero-order chi connectivity index (χ0) is 22.0. The first kappa shape index (κ1) is 21.8. The summed E-state index contributed by atoms with van der Waals surface area (Å²) in [6, 6.07) is 17.7. The molecule has 0 saturated carbocycles. The lowest BCUT2D eigenvalue weighted by molar-refractivity contribution is -0.129. The van der Waals surface area contributed by atoms with Crippen molar-refractivity contribution in [2.75, 3.05) is 31.1 Å². The molecule has 0 aromatic heterocycles. The van der Waals surface area contributed by atoms with Crippen LogP contribution in [0.2, 0.25) is 0 Å². The van der Waals surface area contributed by atoms with Gasteiger partial charge in [-0.25, -0.2) is 8.42 Å². The molecule has 2 aliphatic rings. The van der Waals surface area contributed by atoms with Gasteiger partial charge in [0.15, 0.2) is 0 Å². The second kappa shape index (κ2) is 9.01. The van der Waals surface area contributed by atoms with Crippen LogP contribution in [-0.4, -0.2) is 55.8 Å². The molecule has 0 spiro atoms. The summed E-state index contributed by atoms with van der Waals surface area (Å²) >= 11 is 0. The molecule has 4 rings (SSSR count). The van der Waals surface area contributed by atoms with Crippen molar-refractivity contribution in [2.24, 2.45) is 0 Å². The largest absolute Gasteiger partial charge is 0.368 e. The van der Waals surface area contributed by atoms with Gasteiger partial charge in [0.05, 0.1) is 0 Å². The van der Waals surface area contributed by atoms with E-state index in [1.807, 2.05) is 54.3 Å². The van der Waals surface area contributed by atoms with Crippen LogP contribution in [0.3, 0.4) is 0 Å². The summed E-state index contributed by atoms with van der Waals surface area (Å²) in [6.07, 6.45) is 1.52. The van der Waals surface area contributed by atoms with Crippen LogP contribution in [-0.2, 0) is 21.4 Å². The highest BCUT2D eigenvalue weighted by Crippen LogP contribution is 2.38. The fraction of sp³-hybridized carbons (Fsp3) is 0.458. The average Bonchev–Trinajstić information content (AvgIpc) is 2.77. The molecule has 0 aliphatic carbocycles. The molecule has 6 nitrogen and oxygen atoms in total. The first-order valence-electron chi connectivity index (χ1n) is 11.0. The molecule has 0 radical (unpaired) electrons. The van der Waals surface area contributed by atoms with Crippen molar-refractivity contribution in [3.8, 4) is 0 Å². The summed E-state index contributed by atoms with van der Waals surface area (Å²) in [5.41, 5.74) is 2.98. The predicted octanol–water partition coefficient (Wildman–Crippen LogP) is 3.41. The summed E-state index contributed by atoms with van der Waals surface area (Å²) in [4.78, 5) is 15.7. The normalized spacial score (nSPS) is 24.2. The van der Waals surface area contributed by atoms with Gasteiger partial charge in [-0.1, -0.05) is 42.5 Å². The molecule has 166 valence electrons. The van der Waals surface area contributed by atoms with E-state index >= 15 is 0 Å². The second-order valence-corrected chi connectivity index (χ2v) is 10.6. The number of sulfonamides is 1. The Hall–Kier alpha value is -2.38. The lowest BCUT2D eigenvalue weighted by Gasteiger charge is -2.38. The Morgan fingerprint density at radius 3 is 2.19 bits per heavy atom. The lowest BCUT2D eigenvalue weighted by atomic mass is 10.0. The molecule has 1 unspecified atom stereocenters. The number of carbonyl (C=O) groups is 1. The number of benzene rings is 2. The van der Waals surface area contributed by atoms with Gasteiger partial charge in [0.1, 0.15) is 5.25 Å². The Morgan fingerprint density at radius 1 is 0.935 bits per heavy atom. The standard InChI is InChI=1S/C24H31N3O3S/c1-19-8-13-24(22-6-4-3-5-7-22)31(29,30)27(19)18-21-9-11-23(12-10-21)26-16-14-25(15-17-26)20(2)28/h3-7,9-12,19,24H,8,13-18H2,1-2H3/t19-,24?/m0/s1. The Balaban J connectivity index is 1.46. The van der Waals surface area contributed by atoms with Crippen LogP contribution in [0.4, 0.5) is 5.69 Å². The number of carbonyl (C=O) groups excluding carboxylic acids is 1. The van der Waals surface area contributed by atoms with Gasteiger partial charge in [-0.05, 0) is 43.0 Å². The molecule has 0 N–H and O–H groups in total. The molecule has 2 aromatic carbocycles. The maximum Gasteiger partial charge on any atom is 0.221 e. The molecule has 0 bridgehead atoms. The fourth-order valence-electron chi connectivity index (χ4n) is 4.62. The van der Waals surface area contributed by atoms with Crippen molar-refractivity contribution in [1.29, 1.82) is 0 Å². The summed E-state index contributed by atoms with van der Waals surface area (Å²) in [5, 5.41) is -0.471. The van der Waals surface area contributed by atoms with Crippen molar-refractivity contribution >= 4 is 21.6 Å². The monoisotopic (exact) mass is 441 g/mol. The minimum Gasteiger partial charge on any atom is -0.368 e. The van der Waals surface area contributed by atoms with Crippen molar-refractivity contribution in [1.82, 2.24) is 9.21 Å². The van der Waals surface area contributed by atoms with Crippen molar-refractivity contribution in [3.63, 3.8) is 0 Å². The van der Waals surface area contributed by atoms with E-state index < -0.39 is 15.3 Å². The predicted molar refractivity (Wildman–Crippen MR) is 123 cm³/mol. The number of hydrogen-bond donors (Lipinski definition) is 0. The summed E-state index contributed by atoms with van der Waals surface area (Å²) in [7, 11) is -3.42. The van der Waals surface area contributed by atoms with Crippen LogP contribution in [0.15, 0.2) is 54.6 Å². The molecule has 2 heterocycles. The SMILES string of the molecule is CC(=O)N1CCN(c2ccc(CN3[C@@H](C)CCC(c4ccccc4)S3(=O)=O)cc2)CC1. The van der Waals surface area contributed by atoms with Crippen molar-refractivity contribution in [2.45, 2.75) is 44.5 Å². The van der Waals surface area contributed by atoms with Crippen LogP contribution in [0, 0.1) is 0 Å². The van der Waals surface area contributed by atoms with E-state index in [0.29, 0.717) is 13.0 Å². The molecule has 7 heteroatoms. The van der Waals surface area contributed by atoms with Gasteiger partial charge in [-0.15, -0.1) is 0 Å². The molecule has 2 fully saturated rings. The third-order valence-electron chi connectivity index (χ3n) is 6.56. The van der Waals surface area contributed by atoms with E-state index in [-0.39, 0.29) is 11.9 Å². The third-order valence-corrected chi connectivity index (χ3v) is 8.93. The van der Waals surface area contributed by atoms with Gasteiger partial charge >= 0.3 is 0 Å². The topological polar surface area (TPSA) is 60.9 Å². The Morgan fingerprint density at radius 2 is 1.58 bits per heavy atom. The van der Waals surface area contributed by atoms with Crippen LogP contribution < -0.4 is 4.90 Å². The fourth-order valence-corrected chi connectivity index (χ4v) is 6.82. The minimum atomic E-state index is -3.42. The number of amides is 1. The minimum absolute atomic E-state index is 0.00991. The van der Waals surface area contributed by atoms with Crippen LogP contribution >= 0.6 is 0 Å². The molecule has 2 atom stereocenters. The smallest absolute Gasteiger partial charge is 0.221 e. The number of nitrogens with zero attached hydrogens (tertiary/aromatic N) is 3. The number of piperazine rings is 1. The summed E-state index contributed by atoms with van der Waals surface area (Å²) in [5.74, 6) is 0.126. The quantitative estimate of drug-likeness (QED) is 0.730. The Bertz CT molecular complexity index is 1000. The van der Waals surface area contributed by atoms with Crippen molar-refractivity contribution in [3.05, 3.63) is 65.7 Å². The molecular formula is C24H31N3O3S. The van der Waals surface area contributed by atoms with Crippen LogP contribution in [0.1, 0.15) is 43.1 Å². The van der Waals surface area contributed by atoms with Gasteiger partial charge in [-0.2, -0.15) is 4.31 Å². The molecule has 1 amide bonds. The van der Waals surface area contributed by atoms with Gasteiger partial charge in [0, 0.05) is 51.4 Å². The second-order valence-electron chi connectivity index (χ2n) is 8.58. The van der Waals surface area contributed by atoms with Gasteiger partial charge in [0.25, 0.3) is 0 Å². The van der Waals surface area contributed by atoms with E-state index in [4.69, 9.17) is 0 Å². The first-order valence-corrected chi connectivity index (χ1v) is 12.5. The van der Waals surface area contributed by atoms with Crippen LogP contribution in [0.25, 0.3) is 0 Å². The van der Waals surface area contributed by atoms with Crippen LogP contribution in [0.5, 0.6) is 0 Å². The van der Waals surface area contributed by atoms with E-state index in [9.17, 15) is 13.2 Å². The number of anilines is 1. The Kier molecular flexibility index (Phi) is 6.34. The third kappa shape index (κ3) is 4.62. The van der Waals surface area contributed by atoms with Gasteiger partial charge < -0.3 is 9.80 Å². The maximum absolute atomic E-state index is 13.4. The zero-order valence-corrected chi connectivity index (χ0v) is 19.1. The number of rotatable bonds is 4. The van der Waals surface area contributed by atoms with E-state index in [1.165, 1.54) is 0 Å². The highest BCUT2D eigenvalue weighted by Gasteiger charge is 2.40. The average molecular weight is 442 g/mol. The molecule has 2 saturated heterocycles. The van der Waals surface area contributed by atoms with E-state index in [1.54, 1.807) is 11.2 Å². The molecular weight excluding hydrogens is 410 g/mol. The molecule has 2 aromatic rings.